The number of carbonyl (C=O) groups excluding carboxylic acids is 1. The summed E-state index contributed by atoms with van der Waals surface area (Å²) in [5.74, 6) is 0.0719. The highest BCUT2D eigenvalue weighted by Crippen LogP contribution is 2.09. The molecule has 1 amide bonds. The van der Waals surface area contributed by atoms with Gasteiger partial charge in [0.15, 0.2) is 0 Å². The molecule has 2 aromatic heterocycles. The maximum absolute atomic E-state index is 11.8. The number of nitrogens with zero attached hydrogens (tertiary/aromatic N) is 5. The number of hydrogen-bond donors (Lipinski definition) is 2. The van der Waals surface area contributed by atoms with Crippen LogP contribution in [0.2, 0.25) is 0 Å². The highest BCUT2D eigenvalue weighted by Gasteiger charge is 2.12. The second-order valence-electron chi connectivity index (χ2n) is 5.40. The summed E-state index contributed by atoms with van der Waals surface area (Å²) in [6, 6.07) is 2.09. The zero-order chi connectivity index (χ0) is 15.2. The molecule has 9 heteroatoms. The Bertz CT molecular complexity index is 587. The van der Waals surface area contributed by atoms with E-state index in [9.17, 15) is 4.79 Å². The molecule has 0 spiro atoms. The molecule has 0 saturated heterocycles. The van der Waals surface area contributed by atoms with Gasteiger partial charge in [0.2, 0.25) is 5.91 Å². The molecular formula is C14H22ClN7O. The molecule has 3 rings (SSSR count). The van der Waals surface area contributed by atoms with E-state index in [0.717, 1.165) is 38.3 Å². The number of aromatic nitrogens is 5. The lowest BCUT2D eigenvalue weighted by molar-refractivity contribution is -0.121. The Kier molecular flexibility index (Phi) is 6.54. The molecule has 0 radical (unpaired) electrons. The highest BCUT2D eigenvalue weighted by molar-refractivity contribution is 5.85. The van der Waals surface area contributed by atoms with Crippen molar-refractivity contribution in [2.45, 2.75) is 38.9 Å². The molecule has 3 heterocycles. The fourth-order valence-electron chi connectivity index (χ4n) is 2.53. The van der Waals surface area contributed by atoms with Crippen molar-refractivity contribution in [3.05, 3.63) is 29.8 Å². The van der Waals surface area contributed by atoms with Crippen LogP contribution in [0.25, 0.3) is 0 Å². The number of carbonyl (C=O) groups is 1. The average Bonchev–Trinajstić information content (AvgIpc) is 3.18. The van der Waals surface area contributed by atoms with Crippen LogP contribution in [0.4, 0.5) is 0 Å². The molecule has 0 fully saturated rings. The molecule has 126 valence electrons. The van der Waals surface area contributed by atoms with Crippen molar-refractivity contribution in [1.82, 2.24) is 35.4 Å². The quantitative estimate of drug-likeness (QED) is 0.700. The summed E-state index contributed by atoms with van der Waals surface area (Å²) >= 11 is 0. The molecule has 1 aliphatic rings. The van der Waals surface area contributed by atoms with Gasteiger partial charge in [-0.15, -0.1) is 17.5 Å². The van der Waals surface area contributed by atoms with E-state index >= 15 is 0 Å². The molecule has 1 aliphatic heterocycles. The molecule has 0 saturated carbocycles. The van der Waals surface area contributed by atoms with Crippen molar-refractivity contribution in [3.8, 4) is 0 Å². The van der Waals surface area contributed by atoms with E-state index < -0.39 is 0 Å². The molecular weight excluding hydrogens is 318 g/mol. The van der Waals surface area contributed by atoms with Crippen molar-refractivity contribution in [3.63, 3.8) is 0 Å². The van der Waals surface area contributed by atoms with Crippen LogP contribution in [0.5, 0.6) is 0 Å². The number of aryl methyl sites for hydroxylation is 2. The molecule has 23 heavy (non-hydrogen) atoms. The SMILES string of the molecule is Cl.O=C(CCc1cc2n(n1)CCNC2)NCCCn1ccnn1. The van der Waals surface area contributed by atoms with Crippen LogP contribution in [0, 0.1) is 0 Å². The van der Waals surface area contributed by atoms with Gasteiger partial charge in [-0.1, -0.05) is 5.21 Å². The Hall–Kier alpha value is -1.93. The van der Waals surface area contributed by atoms with E-state index in [2.05, 4.69) is 32.1 Å². The summed E-state index contributed by atoms with van der Waals surface area (Å²) in [7, 11) is 0. The van der Waals surface area contributed by atoms with Gasteiger partial charge in [-0.3, -0.25) is 14.2 Å². The molecule has 0 aromatic carbocycles. The topological polar surface area (TPSA) is 89.7 Å². The van der Waals surface area contributed by atoms with E-state index in [-0.39, 0.29) is 18.3 Å². The van der Waals surface area contributed by atoms with E-state index in [4.69, 9.17) is 0 Å². The highest BCUT2D eigenvalue weighted by atomic mass is 35.5. The van der Waals surface area contributed by atoms with Crippen LogP contribution in [-0.2, 0) is 30.8 Å². The fraction of sp³-hybridized carbons (Fsp3) is 0.571. The Morgan fingerprint density at radius 3 is 3.13 bits per heavy atom. The Balaban J connectivity index is 0.00000192. The first-order valence-electron chi connectivity index (χ1n) is 7.68. The van der Waals surface area contributed by atoms with Crippen LogP contribution >= 0.6 is 12.4 Å². The molecule has 2 N–H and O–H groups in total. The molecule has 0 aliphatic carbocycles. The Morgan fingerprint density at radius 1 is 1.43 bits per heavy atom. The summed E-state index contributed by atoms with van der Waals surface area (Å²) in [5.41, 5.74) is 2.20. The molecule has 0 unspecified atom stereocenters. The maximum atomic E-state index is 11.8. The van der Waals surface area contributed by atoms with E-state index in [1.165, 1.54) is 5.69 Å². The van der Waals surface area contributed by atoms with Crippen molar-refractivity contribution < 1.29 is 4.79 Å². The van der Waals surface area contributed by atoms with Gasteiger partial charge in [0.05, 0.1) is 24.1 Å². The largest absolute Gasteiger partial charge is 0.356 e. The lowest BCUT2D eigenvalue weighted by Gasteiger charge is -2.13. The zero-order valence-electron chi connectivity index (χ0n) is 12.9. The maximum Gasteiger partial charge on any atom is 0.220 e. The number of hydrogen-bond acceptors (Lipinski definition) is 5. The van der Waals surface area contributed by atoms with Gasteiger partial charge in [0.1, 0.15) is 0 Å². The van der Waals surface area contributed by atoms with Crippen LogP contribution in [0.1, 0.15) is 24.2 Å². The normalized spacial score (nSPS) is 13.2. The average molecular weight is 340 g/mol. The van der Waals surface area contributed by atoms with Gasteiger partial charge in [-0.25, -0.2) is 0 Å². The molecule has 0 atom stereocenters. The Labute approximate surface area is 141 Å². The van der Waals surface area contributed by atoms with Crippen molar-refractivity contribution >= 4 is 18.3 Å². The zero-order valence-corrected chi connectivity index (χ0v) is 13.8. The third kappa shape index (κ3) is 5.04. The van der Waals surface area contributed by atoms with E-state index in [1.54, 1.807) is 10.9 Å². The first kappa shape index (κ1) is 17.4. The van der Waals surface area contributed by atoms with Crippen molar-refractivity contribution in [2.75, 3.05) is 13.1 Å². The number of amides is 1. The summed E-state index contributed by atoms with van der Waals surface area (Å²) in [5, 5.41) is 18.4. The fourth-order valence-corrected chi connectivity index (χ4v) is 2.53. The van der Waals surface area contributed by atoms with Crippen LogP contribution < -0.4 is 10.6 Å². The molecule has 8 nitrogen and oxygen atoms in total. The standard InChI is InChI=1S/C14H21N7O.ClH/c22-14(16-4-1-7-20-8-6-17-19-20)3-2-12-10-13-11-15-5-9-21(13)18-12;/h6,8,10,15H,1-5,7,9,11H2,(H,16,22);1H. The minimum Gasteiger partial charge on any atom is -0.356 e. The van der Waals surface area contributed by atoms with Gasteiger partial charge in [-0.05, 0) is 12.5 Å². The van der Waals surface area contributed by atoms with Crippen LogP contribution in [-0.4, -0.2) is 43.8 Å². The molecule has 0 bridgehead atoms. The molecule has 2 aromatic rings. The predicted molar refractivity (Wildman–Crippen MR) is 87.2 cm³/mol. The Morgan fingerprint density at radius 2 is 2.35 bits per heavy atom. The van der Waals surface area contributed by atoms with E-state index in [0.29, 0.717) is 19.4 Å². The third-order valence-corrected chi connectivity index (χ3v) is 3.69. The van der Waals surface area contributed by atoms with Crippen LogP contribution in [0.15, 0.2) is 18.5 Å². The number of rotatable bonds is 7. The van der Waals surface area contributed by atoms with Crippen molar-refractivity contribution in [1.29, 1.82) is 0 Å². The van der Waals surface area contributed by atoms with Crippen molar-refractivity contribution in [2.24, 2.45) is 0 Å². The van der Waals surface area contributed by atoms with Gasteiger partial charge < -0.3 is 10.6 Å². The minimum atomic E-state index is 0. The lowest BCUT2D eigenvalue weighted by Crippen LogP contribution is -2.28. The number of halogens is 1. The first-order valence-corrected chi connectivity index (χ1v) is 7.68. The minimum absolute atomic E-state index is 0. The van der Waals surface area contributed by atoms with Gasteiger partial charge in [0.25, 0.3) is 0 Å². The monoisotopic (exact) mass is 339 g/mol. The first-order chi connectivity index (χ1) is 10.8. The summed E-state index contributed by atoms with van der Waals surface area (Å²) in [6.07, 6.45) is 5.48. The second kappa shape index (κ2) is 8.64. The predicted octanol–water partition coefficient (Wildman–Crippen LogP) is 0.139. The van der Waals surface area contributed by atoms with Gasteiger partial charge in [-0.2, -0.15) is 5.10 Å². The lowest BCUT2D eigenvalue weighted by atomic mass is 10.2. The van der Waals surface area contributed by atoms with Crippen LogP contribution in [0.3, 0.4) is 0 Å². The number of nitrogens with one attached hydrogen (secondary N) is 2. The second-order valence-corrected chi connectivity index (χ2v) is 5.40. The number of fused-ring (bicyclic) bond motifs is 1. The van der Waals surface area contributed by atoms with Gasteiger partial charge in [0, 0.05) is 45.2 Å². The third-order valence-electron chi connectivity index (χ3n) is 3.69. The van der Waals surface area contributed by atoms with Gasteiger partial charge >= 0.3 is 0 Å². The van der Waals surface area contributed by atoms with E-state index in [1.807, 2.05) is 10.9 Å². The summed E-state index contributed by atoms with van der Waals surface area (Å²) in [6.45, 7) is 4.15. The summed E-state index contributed by atoms with van der Waals surface area (Å²) < 4.78 is 3.79. The summed E-state index contributed by atoms with van der Waals surface area (Å²) in [4.78, 5) is 11.8. The smallest absolute Gasteiger partial charge is 0.220 e.